The Bertz CT molecular complexity index is 1220. The fourth-order valence-electron chi connectivity index (χ4n) is 5.48. The van der Waals surface area contributed by atoms with Gasteiger partial charge in [-0.15, -0.1) is 0 Å². The Morgan fingerprint density at radius 1 is 0.886 bits per heavy atom. The fraction of sp³-hybridized carbons (Fsp3) is 0.481. The van der Waals surface area contributed by atoms with Gasteiger partial charge in [0, 0.05) is 44.0 Å². The highest BCUT2D eigenvalue weighted by molar-refractivity contribution is 7.89. The maximum absolute atomic E-state index is 13.5. The van der Waals surface area contributed by atoms with Gasteiger partial charge < -0.3 is 9.80 Å². The molecule has 3 aliphatic heterocycles. The zero-order chi connectivity index (χ0) is 24.6. The van der Waals surface area contributed by atoms with Gasteiger partial charge in [-0.3, -0.25) is 9.59 Å². The lowest BCUT2D eigenvalue weighted by Crippen LogP contribution is -2.46. The molecule has 0 N–H and O–H groups in total. The molecule has 1 unspecified atom stereocenters. The number of piperidine rings is 2. The van der Waals surface area contributed by atoms with Gasteiger partial charge in [0.2, 0.25) is 15.9 Å². The van der Waals surface area contributed by atoms with E-state index in [1.807, 2.05) is 31.2 Å². The zero-order valence-electron chi connectivity index (χ0n) is 20.3. The SMILES string of the molecule is Cc1ccc(C(=O)N2CCCC(C(=O)N3CCc4cc(S(=O)(=O)N5CCCCC5)ccc43)C2)cc1. The average molecular weight is 496 g/mol. The molecule has 2 saturated heterocycles. The lowest BCUT2D eigenvalue weighted by molar-refractivity contribution is -0.123. The van der Waals surface area contributed by atoms with Crippen LogP contribution in [0.15, 0.2) is 47.4 Å². The highest BCUT2D eigenvalue weighted by atomic mass is 32.2. The van der Waals surface area contributed by atoms with Crippen LogP contribution >= 0.6 is 0 Å². The Balaban J connectivity index is 1.30. The summed E-state index contributed by atoms with van der Waals surface area (Å²) in [6.07, 6.45) is 5.06. The molecule has 3 heterocycles. The molecule has 2 aromatic carbocycles. The third-order valence-electron chi connectivity index (χ3n) is 7.52. The molecule has 0 radical (unpaired) electrons. The van der Waals surface area contributed by atoms with Crippen molar-refractivity contribution >= 4 is 27.5 Å². The van der Waals surface area contributed by atoms with Gasteiger partial charge in [-0.1, -0.05) is 24.1 Å². The molecule has 0 saturated carbocycles. The first kappa shape index (κ1) is 24.0. The summed E-state index contributed by atoms with van der Waals surface area (Å²) < 4.78 is 27.8. The first-order valence-electron chi connectivity index (χ1n) is 12.6. The van der Waals surface area contributed by atoms with Gasteiger partial charge in [0.25, 0.3) is 5.91 Å². The number of fused-ring (bicyclic) bond motifs is 1. The van der Waals surface area contributed by atoms with Crippen LogP contribution in [0.1, 0.15) is 53.6 Å². The molecular weight excluding hydrogens is 462 g/mol. The molecule has 0 aliphatic carbocycles. The number of carbonyl (C=O) groups excluding carboxylic acids is 2. The molecule has 186 valence electrons. The van der Waals surface area contributed by atoms with Crippen LogP contribution in [0.25, 0.3) is 0 Å². The highest BCUT2D eigenvalue weighted by Gasteiger charge is 2.35. The molecule has 2 amide bonds. The number of rotatable bonds is 4. The lowest BCUT2D eigenvalue weighted by atomic mass is 9.95. The second-order valence-electron chi connectivity index (χ2n) is 9.95. The van der Waals surface area contributed by atoms with Crippen LogP contribution in [0.4, 0.5) is 5.69 Å². The van der Waals surface area contributed by atoms with E-state index in [0.29, 0.717) is 49.6 Å². The van der Waals surface area contributed by atoms with E-state index in [2.05, 4.69) is 0 Å². The van der Waals surface area contributed by atoms with E-state index < -0.39 is 10.0 Å². The first-order chi connectivity index (χ1) is 16.8. The topological polar surface area (TPSA) is 78.0 Å². The molecule has 0 bridgehead atoms. The van der Waals surface area contributed by atoms with Crippen molar-refractivity contribution in [1.82, 2.24) is 9.21 Å². The Kier molecular flexibility index (Phi) is 6.68. The summed E-state index contributed by atoms with van der Waals surface area (Å²) in [5.74, 6) is -0.255. The van der Waals surface area contributed by atoms with Crippen molar-refractivity contribution in [2.75, 3.05) is 37.6 Å². The molecule has 2 aromatic rings. The Morgan fingerprint density at radius 2 is 1.63 bits per heavy atom. The van der Waals surface area contributed by atoms with Crippen LogP contribution in [0.3, 0.4) is 0 Å². The number of carbonyl (C=O) groups is 2. The molecular formula is C27H33N3O4S. The van der Waals surface area contributed by atoms with Crippen molar-refractivity contribution in [2.24, 2.45) is 5.92 Å². The Morgan fingerprint density at radius 3 is 2.37 bits per heavy atom. The van der Waals surface area contributed by atoms with Crippen LogP contribution in [-0.2, 0) is 21.2 Å². The molecule has 1 atom stereocenters. The van der Waals surface area contributed by atoms with Gasteiger partial charge in [-0.05, 0) is 74.9 Å². The van der Waals surface area contributed by atoms with Gasteiger partial charge >= 0.3 is 0 Å². The van der Waals surface area contributed by atoms with Crippen molar-refractivity contribution in [3.05, 3.63) is 59.2 Å². The number of likely N-dealkylation sites (tertiary alicyclic amines) is 1. The predicted molar refractivity (Wildman–Crippen MR) is 135 cm³/mol. The summed E-state index contributed by atoms with van der Waals surface area (Å²) in [5, 5.41) is 0. The van der Waals surface area contributed by atoms with E-state index in [9.17, 15) is 18.0 Å². The van der Waals surface area contributed by atoms with Crippen LogP contribution in [-0.4, -0.2) is 62.2 Å². The van der Waals surface area contributed by atoms with Crippen LogP contribution < -0.4 is 4.90 Å². The second kappa shape index (κ2) is 9.74. The molecule has 7 nitrogen and oxygen atoms in total. The zero-order valence-corrected chi connectivity index (χ0v) is 21.1. The van der Waals surface area contributed by atoms with Crippen molar-refractivity contribution in [2.45, 2.75) is 50.3 Å². The molecule has 35 heavy (non-hydrogen) atoms. The smallest absolute Gasteiger partial charge is 0.253 e. The van der Waals surface area contributed by atoms with Crippen LogP contribution in [0.2, 0.25) is 0 Å². The van der Waals surface area contributed by atoms with Crippen LogP contribution in [0.5, 0.6) is 0 Å². The minimum absolute atomic E-state index is 0.0248. The minimum atomic E-state index is -3.50. The Hall–Kier alpha value is -2.71. The summed E-state index contributed by atoms with van der Waals surface area (Å²) in [6.45, 7) is 4.75. The standard InChI is InChI=1S/C27H33N3O4S/c1-20-7-9-21(10-8-20)26(31)28-14-5-6-23(19-28)27(32)30-17-13-22-18-24(11-12-25(22)30)35(33,34)29-15-3-2-4-16-29/h7-12,18,23H,2-6,13-17,19H2,1H3. The van der Waals surface area contributed by atoms with Crippen molar-refractivity contribution in [3.8, 4) is 0 Å². The summed E-state index contributed by atoms with van der Waals surface area (Å²) in [6, 6.07) is 12.7. The van der Waals surface area contributed by atoms with E-state index in [1.54, 1.807) is 32.3 Å². The predicted octanol–water partition coefficient (Wildman–Crippen LogP) is 3.61. The summed E-state index contributed by atoms with van der Waals surface area (Å²) >= 11 is 0. The quantitative estimate of drug-likeness (QED) is 0.649. The van der Waals surface area contributed by atoms with Gasteiger partial charge in [0.15, 0.2) is 0 Å². The van der Waals surface area contributed by atoms with Crippen molar-refractivity contribution in [3.63, 3.8) is 0 Å². The van der Waals surface area contributed by atoms with Crippen molar-refractivity contribution in [1.29, 1.82) is 0 Å². The van der Waals surface area contributed by atoms with Gasteiger partial charge in [0.05, 0.1) is 10.8 Å². The first-order valence-corrected chi connectivity index (χ1v) is 14.1. The van der Waals surface area contributed by atoms with E-state index in [0.717, 1.165) is 48.9 Å². The third-order valence-corrected chi connectivity index (χ3v) is 9.42. The monoisotopic (exact) mass is 495 g/mol. The number of hydrogen-bond acceptors (Lipinski definition) is 4. The van der Waals surface area contributed by atoms with Gasteiger partial charge in [0.1, 0.15) is 0 Å². The molecule has 5 rings (SSSR count). The molecule has 8 heteroatoms. The van der Waals surface area contributed by atoms with E-state index in [4.69, 9.17) is 0 Å². The lowest BCUT2D eigenvalue weighted by Gasteiger charge is -2.34. The number of sulfonamides is 1. The van der Waals surface area contributed by atoms with Crippen molar-refractivity contribution < 1.29 is 18.0 Å². The number of amides is 2. The van der Waals surface area contributed by atoms with Gasteiger partial charge in [-0.25, -0.2) is 8.42 Å². The van der Waals surface area contributed by atoms with E-state index >= 15 is 0 Å². The third kappa shape index (κ3) is 4.74. The normalized spacial score (nSPS) is 21.1. The Labute approximate surface area is 207 Å². The minimum Gasteiger partial charge on any atom is -0.338 e. The van der Waals surface area contributed by atoms with Gasteiger partial charge in [-0.2, -0.15) is 4.31 Å². The van der Waals surface area contributed by atoms with Crippen LogP contribution in [0, 0.1) is 12.8 Å². The number of hydrogen-bond donors (Lipinski definition) is 0. The molecule has 2 fully saturated rings. The maximum Gasteiger partial charge on any atom is 0.253 e. The fourth-order valence-corrected chi connectivity index (χ4v) is 7.05. The summed E-state index contributed by atoms with van der Waals surface area (Å²) in [4.78, 5) is 30.4. The number of anilines is 1. The summed E-state index contributed by atoms with van der Waals surface area (Å²) in [7, 11) is -3.50. The highest BCUT2D eigenvalue weighted by Crippen LogP contribution is 2.34. The largest absolute Gasteiger partial charge is 0.338 e. The second-order valence-corrected chi connectivity index (χ2v) is 11.9. The maximum atomic E-state index is 13.5. The van der Waals surface area contributed by atoms with E-state index in [1.165, 1.54) is 0 Å². The molecule has 0 aromatic heterocycles. The molecule has 0 spiro atoms. The van der Waals surface area contributed by atoms with E-state index in [-0.39, 0.29) is 17.7 Å². The number of aryl methyl sites for hydroxylation is 1. The molecule has 3 aliphatic rings. The number of nitrogens with zero attached hydrogens (tertiary/aromatic N) is 3. The average Bonchev–Trinajstić information content (AvgIpc) is 3.32. The number of benzene rings is 2. The summed E-state index contributed by atoms with van der Waals surface area (Å²) in [5.41, 5.74) is 3.46.